The lowest BCUT2D eigenvalue weighted by Gasteiger charge is -2.18. The second-order valence-corrected chi connectivity index (χ2v) is 5.86. The minimum atomic E-state index is -0.274. The summed E-state index contributed by atoms with van der Waals surface area (Å²) in [6.45, 7) is 5.94. The molecule has 0 fully saturated rings. The molecule has 1 amide bonds. The Labute approximate surface area is 139 Å². The van der Waals surface area contributed by atoms with Crippen molar-refractivity contribution in [1.82, 2.24) is 20.1 Å². The standard InChI is InChI=1S/C15H18Cl2N4O/c1-5-11(13-8(2)20-21(4)9(13)3)18-15(22)10-6-7-12(16)19-14(10)17/h6-7,11H,5H2,1-4H3,(H,18,22)/t11-/m0/s1. The molecule has 0 aromatic carbocycles. The van der Waals surface area contributed by atoms with Crippen molar-refractivity contribution >= 4 is 29.1 Å². The van der Waals surface area contributed by atoms with E-state index in [2.05, 4.69) is 15.4 Å². The van der Waals surface area contributed by atoms with Gasteiger partial charge in [0.1, 0.15) is 10.3 Å². The first-order valence-electron chi connectivity index (χ1n) is 6.98. The molecule has 0 aliphatic heterocycles. The smallest absolute Gasteiger partial charge is 0.254 e. The van der Waals surface area contributed by atoms with Gasteiger partial charge in [-0.3, -0.25) is 9.48 Å². The lowest BCUT2D eigenvalue weighted by atomic mass is 10.0. The molecule has 0 saturated heterocycles. The van der Waals surface area contributed by atoms with Gasteiger partial charge in [-0.2, -0.15) is 5.10 Å². The number of pyridine rings is 1. The quantitative estimate of drug-likeness (QED) is 0.864. The number of amides is 1. The number of aryl methyl sites for hydroxylation is 2. The summed E-state index contributed by atoms with van der Waals surface area (Å²) in [5, 5.41) is 7.75. The molecule has 0 unspecified atom stereocenters. The van der Waals surface area contributed by atoms with Crippen molar-refractivity contribution in [2.75, 3.05) is 0 Å². The van der Waals surface area contributed by atoms with Crippen molar-refractivity contribution in [3.8, 4) is 0 Å². The SMILES string of the molecule is CC[C@H](NC(=O)c1ccc(Cl)nc1Cl)c1c(C)nn(C)c1C. The fourth-order valence-corrected chi connectivity index (χ4v) is 2.92. The largest absolute Gasteiger partial charge is 0.345 e. The van der Waals surface area contributed by atoms with Crippen LogP contribution in [0.1, 0.15) is 46.7 Å². The zero-order valence-corrected chi connectivity index (χ0v) is 14.5. The number of hydrogen-bond donors (Lipinski definition) is 1. The van der Waals surface area contributed by atoms with Gasteiger partial charge in [0, 0.05) is 18.3 Å². The third-order valence-corrected chi connectivity index (χ3v) is 4.19. The Kier molecular flexibility index (Phi) is 5.08. The predicted molar refractivity (Wildman–Crippen MR) is 87.4 cm³/mol. The summed E-state index contributed by atoms with van der Waals surface area (Å²) in [5.74, 6) is -0.274. The van der Waals surface area contributed by atoms with Crippen LogP contribution in [0.15, 0.2) is 12.1 Å². The maximum atomic E-state index is 12.4. The second-order valence-electron chi connectivity index (χ2n) is 5.11. The Morgan fingerprint density at radius 2 is 2.05 bits per heavy atom. The van der Waals surface area contributed by atoms with E-state index in [9.17, 15) is 4.79 Å². The Bertz CT molecular complexity index is 712. The third-order valence-electron chi connectivity index (χ3n) is 3.69. The van der Waals surface area contributed by atoms with Crippen LogP contribution >= 0.6 is 23.2 Å². The Morgan fingerprint density at radius 3 is 2.55 bits per heavy atom. The van der Waals surface area contributed by atoms with Crippen molar-refractivity contribution in [2.45, 2.75) is 33.2 Å². The molecule has 0 saturated carbocycles. The molecule has 118 valence electrons. The molecule has 0 radical (unpaired) electrons. The van der Waals surface area contributed by atoms with Crippen molar-refractivity contribution < 1.29 is 4.79 Å². The summed E-state index contributed by atoms with van der Waals surface area (Å²) in [6.07, 6.45) is 0.748. The first-order chi connectivity index (χ1) is 10.3. The van der Waals surface area contributed by atoms with Crippen LogP contribution in [0.4, 0.5) is 0 Å². The third kappa shape index (κ3) is 3.25. The van der Waals surface area contributed by atoms with Crippen LogP contribution in [0.5, 0.6) is 0 Å². The van der Waals surface area contributed by atoms with E-state index in [-0.39, 0.29) is 22.3 Å². The zero-order valence-electron chi connectivity index (χ0n) is 12.9. The summed E-state index contributed by atoms with van der Waals surface area (Å²) >= 11 is 11.7. The minimum absolute atomic E-state index is 0.0967. The number of halogens is 2. The maximum Gasteiger partial charge on any atom is 0.254 e. The van der Waals surface area contributed by atoms with Gasteiger partial charge in [-0.15, -0.1) is 0 Å². The topological polar surface area (TPSA) is 59.8 Å². The summed E-state index contributed by atoms with van der Waals surface area (Å²) in [7, 11) is 1.89. The second kappa shape index (κ2) is 6.67. The average molecular weight is 341 g/mol. The molecule has 5 nitrogen and oxygen atoms in total. The van der Waals surface area contributed by atoms with Gasteiger partial charge >= 0.3 is 0 Å². The molecular weight excluding hydrogens is 323 g/mol. The summed E-state index contributed by atoms with van der Waals surface area (Å²) in [4.78, 5) is 16.3. The number of nitrogens with zero attached hydrogens (tertiary/aromatic N) is 3. The number of nitrogens with one attached hydrogen (secondary N) is 1. The van der Waals surface area contributed by atoms with Gasteiger partial charge in [-0.05, 0) is 32.4 Å². The minimum Gasteiger partial charge on any atom is -0.345 e. The molecule has 7 heteroatoms. The molecular formula is C15H18Cl2N4O. The maximum absolute atomic E-state index is 12.4. The molecule has 2 aromatic rings. The van der Waals surface area contributed by atoms with E-state index in [1.54, 1.807) is 12.1 Å². The average Bonchev–Trinajstić information content (AvgIpc) is 2.69. The predicted octanol–water partition coefficient (Wildman–Crippen LogP) is 3.62. The van der Waals surface area contributed by atoms with Gasteiger partial charge in [-0.25, -0.2) is 4.98 Å². The molecule has 0 aliphatic carbocycles. The van der Waals surface area contributed by atoms with Crippen LogP contribution in [0, 0.1) is 13.8 Å². The summed E-state index contributed by atoms with van der Waals surface area (Å²) in [5.41, 5.74) is 3.29. The molecule has 2 heterocycles. The van der Waals surface area contributed by atoms with Gasteiger partial charge in [0.15, 0.2) is 0 Å². The van der Waals surface area contributed by atoms with Gasteiger partial charge in [0.2, 0.25) is 0 Å². The van der Waals surface area contributed by atoms with Crippen molar-refractivity contribution in [3.05, 3.63) is 45.0 Å². The van der Waals surface area contributed by atoms with Crippen LogP contribution in [0.2, 0.25) is 10.3 Å². The first-order valence-corrected chi connectivity index (χ1v) is 7.73. The van der Waals surface area contributed by atoms with E-state index in [1.807, 2.05) is 32.5 Å². The Balaban J connectivity index is 2.28. The molecule has 1 N–H and O–H groups in total. The van der Waals surface area contributed by atoms with E-state index in [1.165, 1.54) is 0 Å². The van der Waals surface area contributed by atoms with Crippen LogP contribution in [0.25, 0.3) is 0 Å². The highest BCUT2D eigenvalue weighted by molar-refractivity contribution is 6.34. The summed E-state index contributed by atoms with van der Waals surface area (Å²) < 4.78 is 1.82. The van der Waals surface area contributed by atoms with Gasteiger partial charge in [0.05, 0.1) is 17.3 Å². The monoisotopic (exact) mass is 340 g/mol. The number of hydrogen-bond acceptors (Lipinski definition) is 3. The Morgan fingerprint density at radius 1 is 1.36 bits per heavy atom. The molecule has 0 bridgehead atoms. The molecule has 2 rings (SSSR count). The lowest BCUT2D eigenvalue weighted by molar-refractivity contribution is 0.0935. The Hall–Kier alpha value is -1.59. The van der Waals surface area contributed by atoms with Gasteiger partial charge < -0.3 is 5.32 Å². The lowest BCUT2D eigenvalue weighted by Crippen LogP contribution is -2.29. The highest BCUT2D eigenvalue weighted by Crippen LogP contribution is 2.25. The van der Waals surface area contributed by atoms with Gasteiger partial charge in [-0.1, -0.05) is 30.1 Å². The van der Waals surface area contributed by atoms with E-state index < -0.39 is 0 Å². The number of carbonyl (C=O) groups excluding carboxylic acids is 1. The zero-order chi connectivity index (χ0) is 16.4. The molecule has 0 spiro atoms. The van der Waals surface area contributed by atoms with Crippen molar-refractivity contribution in [1.29, 1.82) is 0 Å². The van der Waals surface area contributed by atoms with Crippen LogP contribution in [-0.4, -0.2) is 20.7 Å². The van der Waals surface area contributed by atoms with Crippen LogP contribution < -0.4 is 5.32 Å². The first kappa shape index (κ1) is 16.8. The number of aromatic nitrogens is 3. The molecule has 1 atom stereocenters. The number of rotatable bonds is 4. The highest BCUT2D eigenvalue weighted by Gasteiger charge is 2.22. The van der Waals surface area contributed by atoms with Crippen molar-refractivity contribution in [2.24, 2.45) is 7.05 Å². The normalized spacial score (nSPS) is 12.3. The van der Waals surface area contributed by atoms with Gasteiger partial charge in [0.25, 0.3) is 5.91 Å². The molecule has 22 heavy (non-hydrogen) atoms. The van der Waals surface area contributed by atoms with E-state index in [4.69, 9.17) is 23.2 Å². The van der Waals surface area contributed by atoms with E-state index in [0.29, 0.717) is 5.56 Å². The number of carbonyl (C=O) groups is 1. The molecule has 0 aliphatic rings. The fraction of sp³-hybridized carbons (Fsp3) is 0.400. The van der Waals surface area contributed by atoms with E-state index >= 15 is 0 Å². The van der Waals surface area contributed by atoms with E-state index in [0.717, 1.165) is 23.4 Å². The fourth-order valence-electron chi connectivity index (χ4n) is 2.49. The van der Waals surface area contributed by atoms with Crippen molar-refractivity contribution in [3.63, 3.8) is 0 Å². The summed E-state index contributed by atoms with van der Waals surface area (Å²) in [6, 6.07) is 2.99. The van der Waals surface area contributed by atoms with Crippen LogP contribution in [-0.2, 0) is 7.05 Å². The van der Waals surface area contributed by atoms with Crippen LogP contribution in [0.3, 0.4) is 0 Å². The highest BCUT2D eigenvalue weighted by atomic mass is 35.5. The molecule has 2 aromatic heterocycles.